The van der Waals surface area contributed by atoms with E-state index in [2.05, 4.69) is 22.2 Å². The van der Waals surface area contributed by atoms with Gasteiger partial charge in [0.1, 0.15) is 0 Å². The standard InChI is InChI=1S/C19H24N4O/c1-15-11-18(21-22(15)2)14-23(13-16-7-4-3-5-8-16)19(24)17-9-6-10-20-12-17/h3-4,6,9-12,16H,5,7-8,13-14H2,1-2H3/t16-/m0/s1. The first-order chi connectivity index (χ1) is 11.6. The zero-order chi connectivity index (χ0) is 16.9. The van der Waals surface area contributed by atoms with Crippen LogP contribution < -0.4 is 0 Å². The van der Waals surface area contributed by atoms with Gasteiger partial charge in [0, 0.05) is 31.7 Å². The van der Waals surface area contributed by atoms with E-state index in [1.807, 2.05) is 35.7 Å². The van der Waals surface area contributed by atoms with Crippen LogP contribution in [-0.4, -0.2) is 32.1 Å². The maximum absolute atomic E-state index is 12.9. The van der Waals surface area contributed by atoms with Gasteiger partial charge in [-0.2, -0.15) is 5.10 Å². The summed E-state index contributed by atoms with van der Waals surface area (Å²) in [6.45, 7) is 3.32. The average Bonchev–Trinajstić information content (AvgIpc) is 2.93. The predicted octanol–water partition coefficient (Wildman–Crippen LogP) is 3.12. The highest BCUT2D eigenvalue weighted by Gasteiger charge is 2.22. The molecule has 0 bridgehead atoms. The van der Waals surface area contributed by atoms with E-state index in [1.54, 1.807) is 18.5 Å². The summed E-state index contributed by atoms with van der Waals surface area (Å²) in [6, 6.07) is 5.68. The van der Waals surface area contributed by atoms with Crippen molar-refractivity contribution in [3.63, 3.8) is 0 Å². The van der Waals surface area contributed by atoms with E-state index in [9.17, 15) is 4.79 Å². The molecule has 0 radical (unpaired) electrons. The van der Waals surface area contributed by atoms with Crippen LogP contribution in [0, 0.1) is 12.8 Å². The summed E-state index contributed by atoms with van der Waals surface area (Å²) in [5, 5.41) is 4.51. The Morgan fingerprint density at radius 1 is 1.42 bits per heavy atom. The molecule has 2 aromatic rings. The van der Waals surface area contributed by atoms with Crippen LogP contribution in [0.5, 0.6) is 0 Å². The van der Waals surface area contributed by atoms with Gasteiger partial charge in [0.2, 0.25) is 0 Å². The van der Waals surface area contributed by atoms with Gasteiger partial charge < -0.3 is 4.90 Å². The largest absolute Gasteiger partial charge is 0.332 e. The first-order valence-corrected chi connectivity index (χ1v) is 8.47. The van der Waals surface area contributed by atoms with Crippen molar-refractivity contribution >= 4 is 5.91 Å². The molecule has 1 aliphatic rings. The van der Waals surface area contributed by atoms with E-state index in [-0.39, 0.29) is 5.91 Å². The zero-order valence-corrected chi connectivity index (χ0v) is 14.4. The molecule has 5 heteroatoms. The number of hydrogen-bond acceptors (Lipinski definition) is 3. The summed E-state index contributed by atoms with van der Waals surface area (Å²) >= 11 is 0. The van der Waals surface area contributed by atoms with Crippen molar-refractivity contribution in [2.75, 3.05) is 6.54 Å². The van der Waals surface area contributed by atoms with Crippen molar-refractivity contribution in [1.29, 1.82) is 0 Å². The normalized spacial score (nSPS) is 17.0. The molecular formula is C19H24N4O. The van der Waals surface area contributed by atoms with Crippen LogP contribution >= 0.6 is 0 Å². The monoisotopic (exact) mass is 324 g/mol. The Kier molecular flexibility index (Phi) is 5.08. The van der Waals surface area contributed by atoms with Crippen molar-refractivity contribution in [3.8, 4) is 0 Å². The van der Waals surface area contributed by atoms with Gasteiger partial charge >= 0.3 is 0 Å². The Labute approximate surface area is 143 Å². The lowest BCUT2D eigenvalue weighted by Gasteiger charge is -2.28. The number of aryl methyl sites for hydroxylation is 2. The molecule has 0 N–H and O–H groups in total. The van der Waals surface area contributed by atoms with E-state index < -0.39 is 0 Å². The highest BCUT2D eigenvalue weighted by atomic mass is 16.2. The number of carbonyl (C=O) groups excluding carboxylic acids is 1. The Balaban J connectivity index is 1.79. The number of amides is 1. The number of rotatable bonds is 5. The number of hydrogen-bond donors (Lipinski definition) is 0. The molecule has 5 nitrogen and oxygen atoms in total. The quantitative estimate of drug-likeness (QED) is 0.794. The zero-order valence-electron chi connectivity index (χ0n) is 14.4. The summed E-state index contributed by atoms with van der Waals surface area (Å²) in [5.41, 5.74) is 2.66. The molecule has 0 saturated carbocycles. The molecule has 3 rings (SSSR count). The van der Waals surface area contributed by atoms with Crippen LogP contribution in [-0.2, 0) is 13.6 Å². The van der Waals surface area contributed by atoms with Gasteiger partial charge in [0.15, 0.2) is 0 Å². The Hall–Kier alpha value is -2.43. The van der Waals surface area contributed by atoms with Gasteiger partial charge in [-0.25, -0.2) is 0 Å². The maximum Gasteiger partial charge on any atom is 0.255 e. The fourth-order valence-corrected chi connectivity index (χ4v) is 3.13. The molecule has 0 aliphatic heterocycles. The van der Waals surface area contributed by atoms with Crippen LogP contribution in [0.3, 0.4) is 0 Å². The molecule has 0 spiro atoms. The van der Waals surface area contributed by atoms with Crippen LogP contribution in [0.25, 0.3) is 0 Å². The van der Waals surface area contributed by atoms with E-state index in [0.717, 1.165) is 37.2 Å². The van der Waals surface area contributed by atoms with E-state index >= 15 is 0 Å². The van der Waals surface area contributed by atoms with Crippen molar-refractivity contribution < 1.29 is 4.79 Å². The fraction of sp³-hybridized carbons (Fsp3) is 0.421. The lowest BCUT2D eigenvalue weighted by Crippen LogP contribution is -2.35. The van der Waals surface area contributed by atoms with E-state index in [1.165, 1.54) is 0 Å². The fourth-order valence-electron chi connectivity index (χ4n) is 3.13. The van der Waals surface area contributed by atoms with Crippen LogP contribution in [0.2, 0.25) is 0 Å². The third kappa shape index (κ3) is 3.91. The summed E-state index contributed by atoms with van der Waals surface area (Å²) in [4.78, 5) is 18.9. The molecular weight excluding hydrogens is 300 g/mol. The number of aromatic nitrogens is 3. The predicted molar refractivity (Wildman–Crippen MR) is 93.4 cm³/mol. The van der Waals surface area contributed by atoms with Gasteiger partial charge in [0.05, 0.1) is 17.8 Å². The van der Waals surface area contributed by atoms with Crippen LogP contribution in [0.4, 0.5) is 0 Å². The van der Waals surface area contributed by atoms with E-state index in [0.29, 0.717) is 18.0 Å². The van der Waals surface area contributed by atoms with Crippen molar-refractivity contribution in [2.45, 2.75) is 32.7 Å². The average molecular weight is 324 g/mol. The first-order valence-electron chi connectivity index (χ1n) is 8.47. The molecule has 0 aromatic carbocycles. The number of pyridine rings is 1. The molecule has 1 atom stereocenters. The van der Waals surface area contributed by atoms with Crippen LogP contribution in [0.15, 0.2) is 42.7 Å². The molecule has 0 unspecified atom stereocenters. The van der Waals surface area contributed by atoms with Crippen molar-refractivity contribution in [2.24, 2.45) is 13.0 Å². The summed E-state index contributed by atoms with van der Waals surface area (Å²) in [6.07, 6.45) is 11.1. The number of carbonyl (C=O) groups is 1. The molecule has 1 aliphatic carbocycles. The lowest BCUT2D eigenvalue weighted by atomic mass is 9.93. The second-order valence-electron chi connectivity index (χ2n) is 6.48. The second kappa shape index (κ2) is 7.43. The van der Waals surface area contributed by atoms with Gasteiger partial charge in [-0.1, -0.05) is 12.2 Å². The number of allylic oxidation sites excluding steroid dienone is 2. The third-order valence-electron chi connectivity index (χ3n) is 4.57. The Morgan fingerprint density at radius 3 is 2.92 bits per heavy atom. The first kappa shape index (κ1) is 16.4. The minimum Gasteiger partial charge on any atom is -0.332 e. The number of nitrogens with zero attached hydrogens (tertiary/aromatic N) is 4. The minimum atomic E-state index is 0.0287. The van der Waals surface area contributed by atoms with Crippen molar-refractivity contribution in [1.82, 2.24) is 19.7 Å². The minimum absolute atomic E-state index is 0.0287. The molecule has 2 aromatic heterocycles. The smallest absolute Gasteiger partial charge is 0.255 e. The molecule has 24 heavy (non-hydrogen) atoms. The highest BCUT2D eigenvalue weighted by molar-refractivity contribution is 5.93. The van der Waals surface area contributed by atoms with Gasteiger partial charge in [-0.3, -0.25) is 14.5 Å². The molecule has 126 valence electrons. The Morgan fingerprint density at radius 2 is 2.29 bits per heavy atom. The van der Waals surface area contributed by atoms with Crippen LogP contribution in [0.1, 0.15) is 41.0 Å². The molecule has 0 fully saturated rings. The summed E-state index contributed by atoms with van der Waals surface area (Å²) < 4.78 is 1.85. The third-order valence-corrected chi connectivity index (χ3v) is 4.57. The maximum atomic E-state index is 12.9. The van der Waals surface area contributed by atoms with Crippen molar-refractivity contribution in [3.05, 3.63) is 59.7 Å². The second-order valence-corrected chi connectivity index (χ2v) is 6.48. The highest BCUT2D eigenvalue weighted by Crippen LogP contribution is 2.21. The summed E-state index contributed by atoms with van der Waals surface area (Å²) in [5.74, 6) is 0.543. The van der Waals surface area contributed by atoms with E-state index in [4.69, 9.17) is 0 Å². The molecule has 2 heterocycles. The van der Waals surface area contributed by atoms with Gasteiger partial charge in [-0.05, 0) is 50.3 Å². The molecule has 1 amide bonds. The summed E-state index contributed by atoms with van der Waals surface area (Å²) in [7, 11) is 1.93. The topological polar surface area (TPSA) is 51.0 Å². The molecule has 0 saturated heterocycles. The SMILES string of the molecule is Cc1cc(CN(C[C@H]2CC=CCC2)C(=O)c2cccnc2)nn1C. The van der Waals surface area contributed by atoms with Gasteiger partial charge in [-0.15, -0.1) is 0 Å². The van der Waals surface area contributed by atoms with Gasteiger partial charge in [0.25, 0.3) is 5.91 Å². The Bertz CT molecular complexity index is 701. The lowest BCUT2D eigenvalue weighted by molar-refractivity contribution is 0.0707.